The van der Waals surface area contributed by atoms with E-state index in [0.29, 0.717) is 12.5 Å². The van der Waals surface area contributed by atoms with Crippen LogP contribution in [0.4, 0.5) is 0 Å². The van der Waals surface area contributed by atoms with Crippen LogP contribution in [0.1, 0.15) is 33.3 Å². The molecule has 0 aromatic heterocycles. The Labute approximate surface area is 126 Å². The molecule has 0 aliphatic heterocycles. The van der Waals surface area contributed by atoms with Gasteiger partial charge in [0.25, 0.3) is 0 Å². The van der Waals surface area contributed by atoms with Gasteiger partial charge in [-0.1, -0.05) is 61.8 Å². The Morgan fingerprint density at radius 1 is 1.26 bits per heavy atom. The van der Waals surface area contributed by atoms with Crippen LogP contribution >= 0.6 is 15.9 Å². The molecule has 2 nitrogen and oxygen atoms in total. The van der Waals surface area contributed by atoms with Crippen LogP contribution in [0, 0.1) is 11.3 Å². The van der Waals surface area contributed by atoms with Crippen LogP contribution in [0.3, 0.4) is 0 Å². The summed E-state index contributed by atoms with van der Waals surface area (Å²) in [6.07, 6.45) is 0. The molecular weight excluding hydrogens is 302 g/mol. The summed E-state index contributed by atoms with van der Waals surface area (Å²) in [5, 5.41) is 3.50. The molecule has 0 unspecified atom stereocenters. The molecule has 0 bridgehead atoms. The van der Waals surface area contributed by atoms with Gasteiger partial charge in [-0.3, -0.25) is 0 Å². The van der Waals surface area contributed by atoms with Gasteiger partial charge in [0, 0.05) is 16.4 Å². The fourth-order valence-electron chi connectivity index (χ4n) is 1.80. The van der Waals surface area contributed by atoms with Crippen molar-refractivity contribution in [3.63, 3.8) is 0 Å². The zero-order valence-corrected chi connectivity index (χ0v) is 14.1. The van der Waals surface area contributed by atoms with Gasteiger partial charge in [0.15, 0.2) is 0 Å². The van der Waals surface area contributed by atoms with Gasteiger partial charge < -0.3 is 10.1 Å². The molecule has 0 amide bonds. The number of hydrogen-bond acceptors (Lipinski definition) is 2. The van der Waals surface area contributed by atoms with Gasteiger partial charge in [-0.2, -0.15) is 0 Å². The number of ether oxygens (including phenoxy) is 1. The van der Waals surface area contributed by atoms with E-state index in [4.69, 9.17) is 4.74 Å². The normalized spacial score (nSPS) is 12.1. The van der Waals surface area contributed by atoms with Crippen LogP contribution < -0.4 is 5.32 Å². The minimum atomic E-state index is 0.163. The van der Waals surface area contributed by atoms with Crippen molar-refractivity contribution in [2.45, 2.75) is 34.3 Å². The van der Waals surface area contributed by atoms with E-state index in [-0.39, 0.29) is 5.41 Å². The molecule has 19 heavy (non-hydrogen) atoms. The second kappa shape index (κ2) is 8.03. The van der Waals surface area contributed by atoms with Gasteiger partial charge in [0.05, 0.1) is 13.2 Å². The molecule has 0 saturated heterocycles. The Balaban J connectivity index is 2.29. The smallest absolute Gasteiger partial charge is 0.0728 e. The predicted octanol–water partition coefficient (Wildman–Crippen LogP) is 4.24. The average Bonchev–Trinajstić information content (AvgIpc) is 2.30. The molecule has 3 heteroatoms. The lowest BCUT2D eigenvalue weighted by molar-refractivity contribution is 0.0507. The summed E-state index contributed by atoms with van der Waals surface area (Å²) < 4.78 is 6.97. The van der Waals surface area contributed by atoms with Gasteiger partial charge in [-0.25, -0.2) is 0 Å². The zero-order chi connectivity index (χ0) is 14.3. The maximum absolute atomic E-state index is 5.85. The average molecular weight is 328 g/mol. The van der Waals surface area contributed by atoms with Crippen LogP contribution in [0.5, 0.6) is 0 Å². The maximum atomic E-state index is 5.85. The summed E-state index contributed by atoms with van der Waals surface area (Å²) in [7, 11) is 0. The Kier molecular flexibility index (Phi) is 7.05. The van der Waals surface area contributed by atoms with Gasteiger partial charge in [0.1, 0.15) is 0 Å². The van der Waals surface area contributed by atoms with Gasteiger partial charge >= 0.3 is 0 Å². The van der Waals surface area contributed by atoms with Crippen molar-refractivity contribution < 1.29 is 4.74 Å². The maximum Gasteiger partial charge on any atom is 0.0728 e. The lowest BCUT2D eigenvalue weighted by Crippen LogP contribution is -2.35. The highest BCUT2D eigenvalue weighted by molar-refractivity contribution is 9.10. The molecule has 0 aliphatic rings. The van der Waals surface area contributed by atoms with Crippen molar-refractivity contribution >= 4 is 15.9 Å². The van der Waals surface area contributed by atoms with Gasteiger partial charge in [-0.15, -0.1) is 0 Å². The molecule has 1 aromatic carbocycles. The molecule has 0 fully saturated rings. The van der Waals surface area contributed by atoms with Crippen molar-refractivity contribution in [3.8, 4) is 0 Å². The van der Waals surface area contributed by atoms with Crippen molar-refractivity contribution in [3.05, 3.63) is 34.3 Å². The van der Waals surface area contributed by atoms with Crippen LogP contribution in [0.15, 0.2) is 28.7 Å². The fourth-order valence-corrected chi connectivity index (χ4v) is 2.20. The molecule has 0 radical (unpaired) electrons. The quantitative estimate of drug-likeness (QED) is 0.771. The lowest BCUT2D eigenvalue weighted by atomic mass is 9.94. The first-order valence-corrected chi connectivity index (χ1v) is 7.72. The summed E-state index contributed by atoms with van der Waals surface area (Å²) in [5.41, 5.74) is 1.37. The lowest BCUT2D eigenvalue weighted by Gasteiger charge is -2.25. The summed E-state index contributed by atoms with van der Waals surface area (Å²) in [6.45, 7) is 12.4. The zero-order valence-electron chi connectivity index (χ0n) is 12.5. The first-order valence-electron chi connectivity index (χ1n) is 6.92. The summed E-state index contributed by atoms with van der Waals surface area (Å²) >= 11 is 3.54. The number of rotatable bonds is 8. The Morgan fingerprint density at radius 3 is 2.58 bits per heavy atom. The standard InChI is InChI=1S/C16H26BrNO/c1-13(2)9-18-11-16(3,4)12-19-10-14-7-5-6-8-15(14)17/h5-8,13,18H,9-12H2,1-4H3. The molecule has 108 valence electrons. The molecule has 1 aromatic rings. The number of nitrogens with one attached hydrogen (secondary N) is 1. The first-order chi connectivity index (χ1) is 8.91. The van der Waals surface area contributed by atoms with Crippen LogP contribution in [0.25, 0.3) is 0 Å². The largest absolute Gasteiger partial charge is 0.376 e. The minimum absolute atomic E-state index is 0.163. The van der Waals surface area contributed by atoms with Gasteiger partial charge in [-0.05, 0) is 24.1 Å². The fraction of sp³-hybridized carbons (Fsp3) is 0.625. The van der Waals surface area contributed by atoms with Crippen LogP contribution in [-0.4, -0.2) is 19.7 Å². The van der Waals surface area contributed by atoms with E-state index in [1.54, 1.807) is 0 Å². The van der Waals surface area contributed by atoms with E-state index in [9.17, 15) is 0 Å². The number of halogens is 1. The van der Waals surface area contributed by atoms with Crippen molar-refractivity contribution in [1.29, 1.82) is 0 Å². The second-order valence-corrected chi connectivity index (χ2v) is 7.13. The third-order valence-electron chi connectivity index (χ3n) is 2.86. The summed E-state index contributed by atoms with van der Waals surface area (Å²) in [6, 6.07) is 8.20. The molecule has 0 spiro atoms. The van der Waals surface area contributed by atoms with E-state index in [1.165, 1.54) is 5.56 Å². The molecular formula is C16H26BrNO. The Hall–Kier alpha value is -0.380. The third-order valence-corrected chi connectivity index (χ3v) is 3.64. The molecule has 0 saturated carbocycles. The first kappa shape index (κ1) is 16.7. The highest BCUT2D eigenvalue weighted by Crippen LogP contribution is 2.19. The highest BCUT2D eigenvalue weighted by Gasteiger charge is 2.18. The second-order valence-electron chi connectivity index (χ2n) is 6.27. The van der Waals surface area contributed by atoms with E-state index in [0.717, 1.165) is 24.2 Å². The van der Waals surface area contributed by atoms with E-state index < -0.39 is 0 Å². The number of hydrogen-bond donors (Lipinski definition) is 1. The minimum Gasteiger partial charge on any atom is -0.376 e. The van der Waals surface area contributed by atoms with E-state index >= 15 is 0 Å². The van der Waals surface area contributed by atoms with Crippen LogP contribution in [0.2, 0.25) is 0 Å². The highest BCUT2D eigenvalue weighted by atomic mass is 79.9. The topological polar surface area (TPSA) is 21.3 Å². The molecule has 0 atom stereocenters. The summed E-state index contributed by atoms with van der Waals surface area (Å²) in [4.78, 5) is 0. The molecule has 1 rings (SSSR count). The Bertz CT molecular complexity index is 377. The van der Waals surface area contributed by atoms with E-state index in [1.807, 2.05) is 18.2 Å². The van der Waals surface area contributed by atoms with Gasteiger partial charge in [0.2, 0.25) is 0 Å². The third kappa shape index (κ3) is 7.09. The summed E-state index contributed by atoms with van der Waals surface area (Å²) in [5.74, 6) is 0.692. The predicted molar refractivity (Wildman–Crippen MR) is 85.3 cm³/mol. The van der Waals surface area contributed by atoms with Crippen molar-refractivity contribution in [2.75, 3.05) is 19.7 Å². The monoisotopic (exact) mass is 327 g/mol. The molecule has 1 N–H and O–H groups in total. The van der Waals surface area contributed by atoms with Crippen molar-refractivity contribution in [1.82, 2.24) is 5.32 Å². The SMILES string of the molecule is CC(C)CNCC(C)(C)COCc1ccccc1Br. The molecule has 0 heterocycles. The van der Waals surface area contributed by atoms with Crippen LogP contribution in [-0.2, 0) is 11.3 Å². The Morgan fingerprint density at radius 2 is 1.95 bits per heavy atom. The van der Waals surface area contributed by atoms with Crippen molar-refractivity contribution in [2.24, 2.45) is 11.3 Å². The number of benzene rings is 1. The molecule has 0 aliphatic carbocycles. The van der Waals surface area contributed by atoms with E-state index in [2.05, 4.69) is 55.0 Å².